The highest BCUT2D eigenvalue weighted by molar-refractivity contribution is 5.94. The van der Waals surface area contributed by atoms with E-state index >= 15 is 0 Å². The Morgan fingerprint density at radius 2 is 2.00 bits per heavy atom. The fourth-order valence-corrected chi connectivity index (χ4v) is 4.40. The van der Waals surface area contributed by atoms with Crippen molar-refractivity contribution in [1.29, 1.82) is 5.26 Å². The molecule has 0 radical (unpaired) electrons. The predicted octanol–water partition coefficient (Wildman–Crippen LogP) is 1.62. The van der Waals surface area contributed by atoms with Crippen molar-refractivity contribution in [2.24, 2.45) is 0 Å². The lowest BCUT2D eigenvalue weighted by atomic mass is 9.87. The van der Waals surface area contributed by atoms with E-state index in [1.807, 2.05) is 26.0 Å². The first-order valence-corrected chi connectivity index (χ1v) is 9.23. The Kier molecular flexibility index (Phi) is 5.28. The van der Waals surface area contributed by atoms with Crippen molar-refractivity contribution >= 4 is 11.8 Å². The van der Waals surface area contributed by atoms with E-state index in [0.29, 0.717) is 12.1 Å². The minimum Gasteiger partial charge on any atom is -0.355 e. The zero-order valence-corrected chi connectivity index (χ0v) is 15.6. The standard InChI is InChI=1S/C20H26N4O2/c1-12-7-14(19(25)22-3)8-13(2)18(12)15-9-17(23-11-15)20(26)24-6-4-5-16(24)10-21/h7-8,15-17,23H,4-6,9,11H2,1-3H3,(H,22,25)/t15-,16-,17-/m0/s1. The highest BCUT2D eigenvalue weighted by Crippen LogP contribution is 2.33. The Morgan fingerprint density at radius 3 is 2.62 bits per heavy atom. The van der Waals surface area contributed by atoms with Gasteiger partial charge in [0.2, 0.25) is 5.91 Å². The van der Waals surface area contributed by atoms with Gasteiger partial charge in [0.1, 0.15) is 6.04 Å². The van der Waals surface area contributed by atoms with Gasteiger partial charge in [0.05, 0.1) is 12.1 Å². The molecule has 3 atom stereocenters. The van der Waals surface area contributed by atoms with Crippen LogP contribution in [0.5, 0.6) is 0 Å². The lowest BCUT2D eigenvalue weighted by molar-refractivity contribution is -0.133. The number of nitrogens with one attached hydrogen (secondary N) is 2. The Balaban J connectivity index is 1.76. The second-order valence-corrected chi connectivity index (χ2v) is 7.32. The molecule has 0 unspecified atom stereocenters. The molecule has 2 aliphatic heterocycles. The maximum absolute atomic E-state index is 12.8. The zero-order valence-electron chi connectivity index (χ0n) is 15.6. The van der Waals surface area contributed by atoms with Gasteiger partial charge < -0.3 is 15.5 Å². The molecular weight excluding hydrogens is 328 g/mol. The number of carbonyl (C=O) groups is 2. The maximum Gasteiger partial charge on any atom is 0.251 e. The van der Waals surface area contributed by atoms with Crippen molar-refractivity contribution < 1.29 is 9.59 Å². The van der Waals surface area contributed by atoms with E-state index in [0.717, 1.165) is 36.9 Å². The summed E-state index contributed by atoms with van der Waals surface area (Å²) in [6.07, 6.45) is 2.41. The molecule has 0 bridgehead atoms. The fourth-order valence-electron chi connectivity index (χ4n) is 4.40. The third-order valence-corrected chi connectivity index (χ3v) is 5.61. The molecule has 26 heavy (non-hydrogen) atoms. The molecule has 0 spiro atoms. The van der Waals surface area contributed by atoms with Crippen LogP contribution in [-0.4, -0.2) is 48.9 Å². The smallest absolute Gasteiger partial charge is 0.251 e. The summed E-state index contributed by atoms with van der Waals surface area (Å²) >= 11 is 0. The zero-order chi connectivity index (χ0) is 18.8. The van der Waals surface area contributed by atoms with Crippen LogP contribution < -0.4 is 10.6 Å². The number of hydrogen-bond acceptors (Lipinski definition) is 4. The molecule has 3 rings (SSSR count). The quantitative estimate of drug-likeness (QED) is 0.864. The summed E-state index contributed by atoms with van der Waals surface area (Å²) in [5.74, 6) is 0.205. The summed E-state index contributed by atoms with van der Waals surface area (Å²) in [5.41, 5.74) is 4.05. The lowest BCUT2D eigenvalue weighted by Gasteiger charge is -2.23. The summed E-state index contributed by atoms with van der Waals surface area (Å²) in [7, 11) is 1.63. The van der Waals surface area contributed by atoms with Crippen molar-refractivity contribution in [1.82, 2.24) is 15.5 Å². The van der Waals surface area contributed by atoms with E-state index in [1.54, 1.807) is 11.9 Å². The number of aryl methyl sites for hydroxylation is 2. The number of amides is 2. The predicted molar refractivity (Wildman–Crippen MR) is 98.8 cm³/mol. The average molecular weight is 354 g/mol. The molecule has 2 fully saturated rings. The Morgan fingerprint density at radius 1 is 1.31 bits per heavy atom. The van der Waals surface area contributed by atoms with Crippen LogP contribution in [0.15, 0.2) is 12.1 Å². The SMILES string of the molecule is CNC(=O)c1cc(C)c([C@@H]2CN[C@H](C(=O)N3CCC[C@H]3C#N)C2)c(C)c1. The molecule has 2 N–H and O–H groups in total. The third-order valence-electron chi connectivity index (χ3n) is 5.61. The minimum atomic E-state index is -0.279. The van der Waals surface area contributed by atoms with Gasteiger partial charge in [-0.05, 0) is 67.9 Å². The topological polar surface area (TPSA) is 85.2 Å². The molecule has 6 heteroatoms. The second kappa shape index (κ2) is 7.46. The Bertz CT molecular complexity index is 745. The van der Waals surface area contributed by atoms with Crippen LogP contribution in [0.25, 0.3) is 0 Å². The monoisotopic (exact) mass is 354 g/mol. The van der Waals surface area contributed by atoms with Crippen molar-refractivity contribution in [3.8, 4) is 6.07 Å². The number of nitriles is 1. The van der Waals surface area contributed by atoms with Crippen LogP contribution in [-0.2, 0) is 4.79 Å². The number of carbonyl (C=O) groups excluding carboxylic acids is 2. The molecule has 2 saturated heterocycles. The molecule has 0 aromatic heterocycles. The van der Waals surface area contributed by atoms with Crippen LogP contribution in [0.2, 0.25) is 0 Å². The molecule has 2 heterocycles. The van der Waals surface area contributed by atoms with Gasteiger partial charge in [-0.3, -0.25) is 9.59 Å². The molecule has 0 aliphatic carbocycles. The highest BCUT2D eigenvalue weighted by Gasteiger charge is 2.38. The van der Waals surface area contributed by atoms with E-state index in [1.165, 1.54) is 5.56 Å². The van der Waals surface area contributed by atoms with Crippen LogP contribution in [0.1, 0.15) is 52.2 Å². The number of benzene rings is 1. The van der Waals surface area contributed by atoms with Crippen molar-refractivity contribution in [2.45, 2.75) is 51.1 Å². The molecule has 2 aliphatic rings. The van der Waals surface area contributed by atoms with E-state index in [9.17, 15) is 14.9 Å². The van der Waals surface area contributed by atoms with E-state index in [2.05, 4.69) is 16.7 Å². The summed E-state index contributed by atoms with van der Waals surface area (Å²) in [5, 5.41) is 15.2. The molecule has 0 saturated carbocycles. The van der Waals surface area contributed by atoms with Crippen LogP contribution in [0.3, 0.4) is 0 Å². The lowest BCUT2D eigenvalue weighted by Crippen LogP contribution is -2.45. The van der Waals surface area contributed by atoms with Gasteiger partial charge in [0, 0.05) is 25.7 Å². The molecule has 6 nitrogen and oxygen atoms in total. The van der Waals surface area contributed by atoms with Gasteiger partial charge in [-0.2, -0.15) is 5.26 Å². The summed E-state index contributed by atoms with van der Waals surface area (Å²) in [6.45, 7) is 5.47. The van der Waals surface area contributed by atoms with E-state index in [-0.39, 0.29) is 29.8 Å². The highest BCUT2D eigenvalue weighted by atomic mass is 16.2. The minimum absolute atomic E-state index is 0.0498. The largest absolute Gasteiger partial charge is 0.355 e. The molecule has 1 aromatic rings. The first-order valence-electron chi connectivity index (χ1n) is 9.23. The maximum atomic E-state index is 12.8. The summed E-state index contributed by atoms with van der Waals surface area (Å²) in [4.78, 5) is 26.4. The van der Waals surface area contributed by atoms with Gasteiger partial charge >= 0.3 is 0 Å². The van der Waals surface area contributed by atoms with Crippen LogP contribution in [0, 0.1) is 25.2 Å². The normalized spacial score (nSPS) is 25.2. The van der Waals surface area contributed by atoms with E-state index in [4.69, 9.17) is 0 Å². The average Bonchev–Trinajstić information content (AvgIpc) is 3.29. The number of hydrogen-bond donors (Lipinski definition) is 2. The first kappa shape index (κ1) is 18.4. The molecule has 2 amide bonds. The molecule has 138 valence electrons. The number of nitrogens with zero attached hydrogens (tertiary/aromatic N) is 2. The first-order chi connectivity index (χ1) is 12.5. The number of rotatable bonds is 3. The van der Waals surface area contributed by atoms with Crippen molar-refractivity contribution in [3.63, 3.8) is 0 Å². The van der Waals surface area contributed by atoms with Gasteiger partial charge in [0.15, 0.2) is 0 Å². The van der Waals surface area contributed by atoms with Crippen LogP contribution in [0.4, 0.5) is 0 Å². The van der Waals surface area contributed by atoms with Gasteiger partial charge in [-0.25, -0.2) is 0 Å². The van der Waals surface area contributed by atoms with Crippen molar-refractivity contribution in [3.05, 3.63) is 34.4 Å². The van der Waals surface area contributed by atoms with Gasteiger partial charge in [0.25, 0.3) is 5.91 Å². The molecular formula is C20H26N4O2. The van der Waals surface area contributed by atoms with Gasteiger partial charge in [-0.1, -0.05) is 0 Å². The summed E-state index contributed by atoms with van der Waals surface area (Å²) < 4.78 is 0. The second-order valence-electron chi connectivity index (χ2n) is 7.32. The fraction of sp³-hybridized carbons (Fsp3) is 0.550. The third kappa shape index (κ3) is 3.32. The van der Waals surface area contributed by atoms with Crippen molar-refractivity contribution in [2.75, 3.05) is 20.1 Å². The Hall–Kier alpha value is -2.39. The van der Waals surface area contributed by atoms with Crippen LogP contribution >= 0.6 is 0 Å². The molecule has 1 aromatic carbocycles. The number of likely N-dealkylation sites (tertiary alicyclic amines) is 1. The van der Waals surface area contributed by atoms with E-state index < -0.39 is 0 Å². The summed E-state index contributed by atoms with van der Waals surface area (Å²) in [6, 6.07) is 5.57. The van der Waals surface area contributed by atoms with Gasteiger partial charge in [-0.15, -0.1) is 0 Å². The Labute approximate surface area is 154 Å².